The Labute approximate surface area is 229 Å². The summed E-state index contributed by atoms with van der Waals surface area (Å²) in [6, 6.07) is 8.24. The van der Waals surface area contributed by atoms with Crippen LogP contribution >= 0.6 is 0 Å². The van der Waals surface area contributed by atoms with Gasteiger partial charge in [-0.3, -0.25) is 19.3 Å². The van der Waals surface area contributed by atoms with E-state index in [4.69, 9.17) is 12.2 Å². The molecule has 4 aromatic rings. The standard InChI is InChI=1S/C28H19F6N5O2/c1-2-16-13-39(38-26(16)28(32,33)34)14-24(40)37-23(10-15-8-18(29)12-19(30)9-15)25-20(4-3-7-36-25)17-5-6-22(31)21(11-17)27(35)41/h1,3-9,11-13,23H,10,14H2,(H2,35,41)(H,37,40). The van der Waals surface area contributed by atoms with Crippen molar-refractivity contribution in [1.82, 2.24) is 20.1 Å². The van der Waals surface area contributed by atoms with E-state index >= 15 is 0 Å². The van der Waals surface area contributed by atoms with Crippen LogP contribution in [0.4, 0.5) is 26.3 Å². The summed E-state index contributed by atoms with van der Waals surface area (Å²) in [5.41, 5.74) is 3.81. The highest BCUT2D eigenvalue weighted by Crippen LogP contribution is 2.32. The smallest absolute Gasteiger partial charge is 0.366 e. The van der Waals surface area contributed by atoms with E-state index in [1.165, 1.54) is 24.4 Å². The number of pyridine rings is 1. The Morgan fingerprint density at radius 2 is 1.78 bits per heavy atom. The van der Waals surface area contributed by atoms with E-state index in [1.54, 1.807) is 6.07 Å². The van der Waals surface area contributed by atoms with Gasteiger partial charge >= 0.3 is 6.18 Å². The number of aromatic nitrogens is 3. The van der Waals surface area contributed by atoms with E-state index < -0.39 is 64.8 Å². The molecule has 3 N–H and O–H groups in total. The number of halogens is 6. The third kappa shape index (κ3) is 6.73. The van der Waals surface area contributed by atoms with Crippen molar-refractivity contribution in [1.29, 1.82) is 0 Å². The van der Waals surface area contributed by atoms with Crippen LogP contribution in [-0.2, 0) is 23.9 Å². The van der Waals surface area contributed by atoms with E-state index in [2.05, 4.69) is 15.4 Å². The molecule has 1 unspecified atom stereocenters. The second-order valence-corrected chi connectivity index (χ2v) is 8.83. The fourth-order valence-corrected chi connectivity index (χ4v) is 4.21. The molecule has 13 heteroatoms. The van der Waals surface area contributed by atoms with Crippen LogP contribution in [0.5, 0.6) is 0 Å². The molecule has 7 nitrogen and oxygen atoms in total. The highest BCUT2D eigenvalue weighted by Gasteiger charge is 2.37. The van der Waals surface area contributed by atoms with E-state index in [0.717, 1.165) is 24.4 Å². The first-order chi connectivity index (χ1) is 19.3. The molecule has 0 bridgehead atoms. The minimum atomic E-state index is -4.85. The molecule has 0 spiro atoms. The van der Waals surface area contributed by atoms with Gasteiger partial charge < -0.3 is 11.1 Å². The molecule has 210 valence electrons. The Morgan fingerprint density at radius 3 is 2.39 bits per heavy atom. The van der Waals surface area contributed by atoms with Crippen molar-refractivity contribution in [2.75, 3.05) is 0 Å². The number of amides is 2. The summed E-state index contributed by atoms with van der Waals surface area (Å²) in [5, 5.41) is 5.98. The molecule has 0 fully saturated rings. The van der Waals surface area contributed by atoms with Crippen molar-refractivity contribution in [3.05, 3.63) is 106 Å². The first-order valence-electron chi connectivity index (χ1n) is 11.8. The molecule has 2 aromatic carbocycles. The second kappa shape index (κ2) is 11.5. The lowest BCUT2D eigenvalue weighted by molar-refractivity contribution is -0.142. The van der Waals surface area contributed by atoms with Gasteiger partial charge in [-0.15, -0.1) is 6.42 Å². The monoisotopic (exact) mass is 571 g/mol. The van der Waals surface area contributed by atoms with Crippen molar-refractivity contribution >= 4 is 11.8 Å². The number of nitrogens with two attached hydrogens (primary N) is 1. The molecular weight excluding hydrogens is 552 g/mol. The Balaban J connectivity index is 1.73. The van der Waals surface area contributed by atoms with Gasteiger partial charge in [0, 0.05) is 24.0 Å². The molecule has 0 aliphatic carbocycles. The third-order valence-electron chi connectivity index (χ3n) is 5.90. The maximum atomic E-state index is 14.1. The number of nitrogens with one attached hydrogen (secondary N) is 1. The van der Waals surface area contributed by atoms with E-state index in [-0.39, 0.29) is 23.2 Å². The first-order valence-corrected chi connectivity index (χ1v) is 11.8. The average molecular weight is 571 g/mol. The summed E-state index contributed by atoms with van der Waals surface area (Å²) in [6.07, 6.45) is 2.33. The maximum absolute atomic E-state index is 14.1. The van der Waals surface area contributed by atoms with Crippen LogP contribution in [-0.4, -0.2) is 26.6 Å². The number of rotatable bonds is 8. The molecule has 0 radical (unpaired) electrons. The van der Waals surface area contributed by atoms with Crippen molar-refractivity contribution in [2.45, 2.75) is 25.2 Å². The highest BCUT2D eigenvalue weighted by atomic mass is 19.4. The lowest BCUT2D eigenvalue weighted by atomic mass is 9.94. The SMILES string of the molecule is C#Cc1cn(CC(=O)NC(Cc2cc(F)cc(F)c2)c2ncccc2-c2ccc(F)c(C(N)=O)c2)nc1C(F)(F)F. The normalized spacial score (nSPS) is 12.0. The van der Waals surface area contributed by atoms with Gasteiger partial charge in [-0.25, -0.2) is 13.2 Å². The van der Waals surface area contributed by atoms with E-state index in [9.17, 15) is 35.9 Å². The number of primary amides is 1. The number of carbonyl (C=O) groups excluding carboxylic acids is 2. The fraction of sp³-hybridized carbons (Fsp3) is 0.143. The first kappa shape index (κ1) is 28.9. The molecule has 2 aromatic heterocycles. The fourth-order valence-electron chi connectivity index (χ4n) is 4.21. The van der Waals surface area contributed by atoms with Gasteiger partial charge in [0.2, 0.25) is 5.91 Å². The van der Waals surface area contributed by atoms with Gasteiger partial charge in [-0.2, -0.15) is 18.3 Å². The number of benzene rings is 2. The van der Waals surface area contributed by atoms with Gasteiger partial charge in [-0.1, -0.05) is 18.1 Å². The number of alkyl halides is 3. The lowest BCUT2D eigenvalue weighted by Crippen LogP contribution is -2.34. The minimum Gasteiger partial charge on any atom is -0.366 e. The Bertz CT molecular complexity index is 1660. The summed E-state index contributed by atoms with van der Waals surface area (Å²) in [7, 11) is 0. The van der Waals surface area contributed by atoms with Crippen LogP contribution in [0.1, 0.15) is 38.9 Å². The van der Waals surface area contributed by atoms with Gasteiger partial charge in [0.15, 0.2) is 5.69 Å². The maximum Gasteiger partial charge on any atom is 0.436 e. The van der Waals surface area contributed by atoms with Crippen LogP contribution < -0.4 is 11.1 Å². The molecular formula is C28H19F6N5O2. The van der Waals surface area contributed by atoms with Crippen LogP contribution in [0.2, 0.25) is 0 Å². The highest BCUT2D eigenvalue weighted by molar-refractivity contribution is 5.94. The third-order valence-corrected chi connectivity index (χ3v) is 5.90. The summed E-state index contributed by atoms with van der Waals surface area (Å²) in [4.78, 5) is 29.0. The molecule has 0 aliphatic heterocycles. The van der Waals surface area contributed by atoms with Gasteiger partial charge in [0.05, 0.1) is 22.9 Å². The summed E-state index contributed by atoms with van der Waals surface area (Å²) >= 11 is 0. The zero-order valence-corrected chi connectivity index (χ0v) is 20.8. The van der Waals surface area contributed by atoms with Gasteiger partial charge in [0.1, 0.15) is 24.0 Å². The summed E-state index contributed by atoms with van der Waals surface area (Å²) in [6.45, 7) is -0.691. The van der Waals surface area contributed by atoms with E-state index in [0.29, 0.717) is 16.3 Å². The molecule has 41 heavy (non-hydrogen) atoms. The summed E-state index contributed by atoms with van der Waals surface area (Å²) in [5.74, 6) is -2.62. The summed E-state index contributed by atoms with van der Waals surface area (Å²) < 4.78 is 82.5. The quantitative estimate of drug-likeness (QED) is 0.239. The van der Waals surface area contributed by atoms with Gasteiger partial charge in [0.25, 0.3) is 5.91 Å². The largest absolute Gasteiger partial charge is 0.436 e. The number of hydrogen-bond donors (Lipinski definition) is 2. The minimum absolute atomic E-state index is 0.120. The molecule has 0 saturated carbocycles. The van der Waals surface area contributed by atoms with Crippen molar-refractivity contribution in [3.8, 4) is 23.5 Å². The average Bonchev–Trinajstić information content (AvgIpc) is 3.31. The predicted octanol–water partition coefficient (Wildman–Crippen LogP) is 4.56. The molecule has 0 aliphatic rings. The van der Waals surface area contributed by atoms with E-state index in [1.807, 2.05) is 5.92 Å². The number of terminal acetylenes is 1. The molecule has 2 heterocycles. The molecule has 4 rings (SSSR count). The van der Waals surface area contributed by atoms with Crippen molar-refractivity contribution in [2.24, 2.45) is 5.73 Å². The Hall–Kier alpha value is -5.12. The number of carbonyl (C=O) groups is 2. The predicted molar refractivity (Wildman–Crippen MR) is 134 cm³/mol. The second-order valence-electron chi connectivity index (χ2n) is 8.83. The molecule has 1 atom stereocenters. The van der Waals surface area contributed by atoms with Crippen molar-refractivity contribution < 1.29 is 35.9 Å². The molecule has 0 saturated heterocycles. The van der Waals surface area contributed by atoms with Crippen LogP contribution in [0.3, 0.4) is 0 Å². The van der Waals surface area contributed by atoms with Crippen LogP contribution in [0, 0.1) is 29.8 Å². The zero-order valence-electron chi connectivity index (χ0n) is 20.8. The lowest BCUT2D eigenvalue weighted by Gasteiger charge is -2.22. The Kier molecular flexibility index (Phi) is 8.13. The number of nitrogens with zero attached hydrogens (tertiary/aromatic N) is 3. The van der Waals surface area contributed by atoms with Crippen LogP contribution in [0.15, 0.2) is 60.9 Å². The Morgan fingerprint density at radius 1 is 1.07 bits per heavy atom. The molecule has 2 amide bonds. The van der Waals surface area contributed by atoms with Crippen LogP contribution in [0.25, 0.3) is 11.1 Å². The van der Waals surface area contributed by atoms with Gasteiger partial charge in [-0.05, 0) is 47.9 Å². The number of hydrogen-bond acceptors (Lipinski definition) is 4. The topological polar surface area (TPSA) is 103 Å². The van der Waals surface area contributed by atoms with Crippen molar-refractivity contribution in [3.63, 3.8) is 0 Å². The zero-order chi connectivity index (χ0) is 29.9.